The molecule has 4 aromatic rings. The van der Waals surface area contributed by atoms with Crippen molar-refractivity contribution in [3.8, 4) is 27.9 Å². The fraction of sp³-hybridized carbons (Fsp3) is 0.0435. The van der Waals surface area contributed by atoms with Crippen molar-refractivity contribution < 1.29 is 13.2 Å². The Hall–Kier alpha value is -2.94. The van der Waals surface area contributed by atoms with Crippen molar-refractivity contribution in [1.29, 1.82) is 0 Å². The molecule has 0 bridgehead atoms. The third kappa shape index (κ3) is 4.71. The first-order valence-electron chi connectivity index (χ1n) is 9.22. The average molecular weight is 498 g/mol. The highest BCUT2D eigenvalue weighted by molar-refractivity contribution is 9.10. The maximum Gasteiger partial charge on any atom is 0.279 e. The molecule has 0 fully saturated rings. The van der Waals surface area contributed by atoms with E-state index in [2.05, 4.69) is 21.0 Å². The first-order chi connectivity index (χ1) is 14.9. The molecule has 1 atom stereocenters. The van der Waals surface area contributed by atoms with Crippen LogP contribution in [0.1, 0.15) is 5.56 Å². The van der Waals surface area contributed by atoms with Gasteiger partial charge in [-0.25, -0.2) is 4.39 Å². The highest BCUT2D eigenvalue weighted by Crippen LogP contribution is 2.30. The smallest absolute Gasteiger partial charge is 0.279 e. The summed E-state index contributed by atoms with van der Waals surface area (Å²) in [5.41, 5.74) is 3.08. The molecule has 1 heterocycles. The zero-order chi connectivity index (χ0) is 22.0. The summed E-state index contributed by atoms with van der Waals surface area (Å²) < 4.78 is 37.6. The minimum Gasteiger partial charge on any atom is -0.772 e. The van der Waals surface area contributed by atoms with E-state index < -0.39 is 16.9 Å². The summed E-state index contributed by atoms with van der Waals surface area (Å²) in [7, 11) is 0. The van der Waals surface area contributed by atoms with Crippen molar-refractivity contribution in [2.24, 2.45) is 0 Å². The van der Waals surface area contributed by atoms with Crippen molar-refractivity contribution in [3.63, 3.8) is 0 Å². The number of nitrogens with zero attached hydrogens (tertiary/aromatic N) is 2. The predicted octanol–water partition coefficient (Wildman–Crippen LogP) is 4.85. The SMILES string of the molecule is O=c1c(-c2ccc(F)cc2)c(-c2ccc(CS(=O)[O-])cc2)cnn1-c1ccc(Br)cc1. The average Bonchev–Trinajstić information content (AvgIpc) is 2.75. The first-order valence-corrected chi connectivity index (χ1v) is 11.3. The summed E-state index contributed by atoms with van der Waals surface area (Å²) >= 11 is 1.19. The van der Waals surface area contributed by atoms with Crippen LogP contribution in [0.4, 0.5) is 4.39 Å². The minimum absolute atomic E-state index is 0.0888. The van der Waals surface area contributed by atoms with Crippen LogP contribution >= 0.6 is 15.9 Å². The van der Waals surface area contributed by atoms with Crippen LogP contribution in [0.5, 0.6) is 0 Å². The van der Waals surface area contributed by atoms with Crippen LogP contribution in [-0.4, -0.2) is 18.5 Å². The molecule has 0 amide bonds. The summed E-state index contributed by atoms with van der Waals surface area (Å²) in [5.74, 6) is -0.489. The van der Waals surface area contributed by atoms with Gasteiger partial charge in [-0.3, -0.25) is 9.00 Å². The number of hydrogen-bond acceptors (Lipinski definition) is 4. The Morgan fingerprint density at radius 3 is 2.16 bits per heavy atom. The molecule has 1 unspecified atom stereocenters. The third-order valence-corrected chi connectivity index (χ3v) is 5.83. The minimum atomic E-state index is -2.19. The zero-order valence-electron chi connectivity index (χ0n) is 16.0. The number of hydrogen-bond donors (Lipinski definition) is 0. The summed E-state index contributed by atoms with van der Waals surface area (Å²) in [5, 5.41) is 4.35. The van der Waals surface area contributed by atoms with E-state index in [-0.39, 0.29) is 11.3 Å². The van der Waals surface area contributed by atoms with Gasteiger partial charge in [0.05, 0.1) is 17.4 Å². The van der Waals surface area contributed by atoms with Crippen LogP contribution < -0.4 is 5.56 Å². The second kappa shape index (κ2) is 9.05. The Morgan fingerprint density at radius 1 is 0.935 bits per heavy atom. The van der Waals surface area contributed by atoms with E-state index in [1.807, 2.05) is 12.1 Å². The summed E-state index contributed by atoms with van der Waals surface area (Å²) in [6.07, 6.45) is 1.59. The Balaban J connectivity index is 1.89. The number of rotatable bonds is 5. The van der Waals surface area contributed by atoms with Crippen LogP contribution in [-0.2, 0) is 16.8 Å². The van der Waals surface area contributed by atoms with Gasteiger partial charge in [-0.15, -0.1) is 0 Å². The molecule has 0 spiro atoms. The molecule has 5 nitrogen and oxygen atoms in total. The molecule has 0 radical (unpaired) electrons. The zero-order valence-corrected chi connectivity index (χ0v) is 18.4. The van der Waals surface area contributed by atoms with Crippen molar-refractivity contribution in [2.45, 2.75) is 5.75 Å². The Kier molecular flexibility index (Phi) is 6.22. The molecular formula is C23H15BrFN2O3S-. The van der Waals surface area contributed by atoms with Crippen molar-refractivity contribution in [1.82, 2.24) is 9.78 Å². The molecule has 0 N–H and O–H groups in total. The Labute approximate surface area is 188 Å². The Bertz CT molecular complexity index is 1300. The van der Waals surface area contributed by atoms with Crippen molar-refractivity contribution >= 4 is 27.0 Å². The molecule has 8 heteroatoms. The van der Waals surface area contributed by atoms with Crippen LogP contribution in [0.15, 0.2) is 88.3 Å². The van der Waals surface area contributed by atoms with Gasteiger partial charge in [0.1, 0.15) is 5.82 Å². The molecule has 156 valence electrons. The lowest BCUT2D eigenvalue weighted by Crippen LogP contribution is -2.23. The van der Waals surface area contributed by atoms with Gasteiger partial charge in [0.15, 0.2) is 0 Å². The van der Waals surface area contributed by atoms with Crippen LogP contribution in [0.2, 0.25) is 0 Å². The fourth-order valence-corrected chi connectivity index (χ4v) is 3.98. The van der Waals surface area contributed by atoms with Gasteiger partial charge in [-0.1, -0.05) is 63.4 Å². The molecular weight excluding hydrogens is 483 g/mol. The quantitative estimate of drug-likeness (QED) is 0.369. The number of aromatic nitrogens is 2. The highest BCUT2D eigenvalue weighted by Gasteiger charge is 2.16. The largest absolute Gasteiger partial charge is 0.772 e. The lowest BCUT2D eigenvalue weighted by atomic mass is 9.96. The van der Waals surface area contributed by atoms with E-state index in [0.29, 0.717) is 33.5 Å². The maximum absolute atomic E-state index is 13.5. The van der Waals surface area contributed by atoms with E-state index in [4.69, 9.17) is 0 Å². The fourth-order valence-electron chi connectivity index (χ4n) is 3.25. The topological polar surface area (TPSA) is 75.0 Å². The summed E-state index contributed by atoms with van der Waals surface area (Å²) in [4.78, 5) is 13.5. The van der Waals surface area contributed by atoms with Gasteiger partial charge < -0.3 is 4.55 Å². The number of halogens is 2. The van der Waals surface area contributed by atoms with Gasteiger partial charge in [0.2, 0.25) is 0 Å². The molecule has 0 aliphatic heterocycles. The van der Waals surface area contributed by atoms with Gasteiger partial charge in [0.25, 0.3) is 5.56 Å². The molecule has 3 aromatic carbocycles. The monoisotopic (exact) mass is 497 g/mol. The van der Waals surface area contributed by atoms with Gasteiger partial charge >= 0.3 is 0 Å². The normalized spacial score (nSPS) is 12.0. The van der Waals surface area contributed by atoms with Crippen LogP contribution in [0, 0.1) is 5.82 Å². The molecule has 0 saturated heterocycles. The standard InChI is InChI=1S/C23H16BrFN2O3S/c24-18-7-11-20(12-8-18)27-23(28)22(17-5-9-19(25)10-6-17)21(13-26-27)16-3-1-15(2-4-16)14-31(29)30/h1-13H,14H2,(H,29,30)/p-1. The molecule has 4 rings (SSSR count). The molecule has 0 saturated carbocycles. The maximum atomic E-state index is 13.5. The van der Waals surface area contributed by atoms with E-state index in [9.17, 15) is 17.9 Å². The molecule has 0 aliphatic carbocycles. The molecule has 0 aliphatic rings. The van der Waals surface area contributed by atoms with Crippen molar-refractivity contribution in [2.75, 3.05) is 0 Å². The van der Waals surface area contributed by atoms with Gasteiger partial charge in [-0.05, 0) is 53.1 Å². The van der Waals surface area contributed by atoms with Gasteiger partial charge in [-0.2, -0.15) is 9.78 Å². The van der Waals surface area contributed by atoms with Crippen molar-refractivity contribution in [3.05, 3.63) is 105 Å². The summed E-state index contributed by atoms with van der Waals surface area (Å²) in [6, 6.07) is 19.7. The van der Waals surface area contributed by atoms with E-state index in [1.54, 1.807) is 54.7 Å². The van der Waals surface area contributed by atoms with E-state index in [0.717, 1.165) is 4.47 Å². The molecule has 1 aromatic heterocycles. The van der Waals surface area contributed by atoms with Crippen LogP contribution in [0.25, 0.3) is 27.9 Å². The summed E-state index contributed by atoms with van der Waals surface area (Å²) in [6.45, 7) is 0. The van der Waals surface area contributed by atoms with Crippen LogP contribution in [0.3, 0.4) is 0 Å². The highest BCUT2D eigenvalue weighted by atomic mass is 79.9. The lowest BCUT2D eigenvalue weighted by molar-refractivity contribution is 0.536. The van der Waals surface area contributed by atoms with E-state index >= 15 is 0 Å². The lowest BCUT2D eigenvalue weighted by Gasteiger charge is -2.13. The second-order valence-corrected chi connectivity index (χ2v) is 8.59. The Morgan fingerprint density at radius 2 is 1.55 bits per heavy atom. The second-order valence-electron chi connectivity index (χ2n) is 6.78. The number of benzene rings is 3. The third-order valence-electron chi connectivity index (χ3n) is 4.73. The van der Waals surface area contributed by atoms with Gasteiger partial charge in [0, 0.05) is 15.8 Å². The van der Waals surface area contributed by atoms with E-state index in [1.165, 1.54) is 16.8 Å². The first kappa shape index (κ1) is 21.3. The molecule has 31 heavy (non-hydrogen) atoms. The predicted molar refractivity (Wildman–Crippen MR) is 121 cm³/mol.